The molecule has 0 aliphatic heterocycles. The van der Waals surface area contributed by atoms with Crippen molar-refractivity contribution in [2.24, 2.45) is 0 Å². The minimum absolute atomic E-state index is 0.0155. The van der Waals surface area contributed by atoms with E-state index >= 15 is 0 Å². The summed E-state index contributed by atoms with van der Waals surface area (Å²) in [5.74, 6) is 0.809. The predicted octanol–water partition coefficient (Wildman–Crippen LogP) is 3.34. The van der Waals surface area contributed by atoms with Gasteiger partial charge in [0.15, 0.2) is 0 Å². The van der Waals surface area contributed by atoms with Crippen LogP contribution in [0.3, 0.4) is 0 Å². The third kappa shape index (κ3) is 4.14. The average molecular weight is 433 g/mol. The predicted molar refractivity (Wildman–Crippen MR) is 106 cm³/mol. The fourth-order valence-electron chi connectivity index (χ4n) is 3.27. The molecule has 0 saturated carbocycles. The van der Waals surface area contributed by atoms with Gasteiger partial charge >= 0.3 is 166 Å². The van der Waals surface area contributed by atoms with Crippen LogP contribution in [0, 0.1) is 0 Å². The number of rotatable bonds is 7. The molecule has 1 aliphatic carbocycles. The molecule has 0 spiro atoms. The number of carbonyl (C=O) groups excluding carboxylic acids is 2. The summed E-state index contributed by atoms with van der Waals surface area (Å²) < 4.78 is 5.30. The zero-order valence-corrected chi connectivity index (χ0v) is 17.0. The van der Waals surface area contributed by atoms with Crippen molar-refractivity contribution in [3.05, 3.63) is 59.7 Å². The van der Waals surface area contributed by atoms with Gasteiger partial charge in [-0.25, -0.2) is 0 Å². The van der Waals surface area contributed by atoms with Crippen molar-refractivity contribution >= 4 is 38.5 Å². The Hall–Kier alpha value is -1.75. The van der Waals surface area contributed by atoms with Crippen LogP contribution in [0.4, 0.5) is 4.79 Å². The topological polar surface area (TPSA) is 55.4 Å². The van der Waals surface area contributed by atoms with Crippen LogP contribution in [0.5, 0.6) is 0 Å². The van der Waals surface area contributed by atoms with Crippen molar-refractivity contribution in [1.29, 1.82) is 0 Å². The maximum atomic E-state index is 12.2. The van der Waals surface area contributed by atoms with Gasteiger partial charge in [-0.05, 0) is 0 Å². The Morgan fingerprint density at radius 3 is 2.23 bits per heavy atom. The van der Waals surface area contributed by atoms with E-state index in [1.54, 1.807) is 11.8 Å². The van der Waals surface area contributed by atoms with Crippen LogP contribution in [-0.2, 0) is 9.53 Å². The molecule has 1 amide bonds. The molecule has 0 fully saturated rings. The van der Waals surface area contributed by atoms with Crippen LogP contribution >= 0.6 is 11.8 Å². The second kappa shape index (κ2) is 8.76. The van der Waals surface area contributed by atoms with E-state index < -0.39 is 12.1 Å². The second-order valence-electron chi connectivity index (χ2n) is 6.12. The number of alkyl carbamates (subject to hydrolysis) is 1. The van der Waals surface area contributed by atoms with Crippen molar-refractivity contribution in [1.82, 2.24) is 5.32 Å². The molecule has 0 aromatic heterocycles. The van der Waals surface area contributed by atoms with E-state index in [4.69, 9.17) is 4.74 Å². The number of ether oxygens (including phenoxy) is 1. The first-order chi connectivity index (χ1) is 12.6. The molecule has 3 rings (SSSR count). The Bertz CT molecular complexity index is 766. The van der Waals surface area contributed by atoms with Gasteiger partial charge in [0.25, 0.3) is 0 Å². The molecular weight excluding hydrogens is 413 g/mol. The van der Waals surface area contributed by atoms with E-state index in [-0.39, 0.29) is 17.2 Å². The molecule has 0 unspecified atom stereocenters. The fraction of sp³-hybridized carbons (Fsp3) is 0.300. The SMILES string of the molecule is CSCC[C@@H](NC(=O)OCC1c2ccccc2-c2ccccc21)C(=O)[Se]. The number of thioether (sulfide) groups is 1. The molecule has 0 heterocycles. The van der Waals surface area contributed by atoms with Gasteiger partial charge in [-0.15, -0.1) is 0 Å². The van der Waals surface area contributed by atoms with Gasteiger partial charge in [0.1, 0.15) is 0 Å². The summed E-state index contributed by atoms with van der Waals surface area (Å²) in [6.45, 7) is 0.247. The molecule has 2 aromatic rings. The molecule has 1 radical (unpaired) electrons. The number of carbonyl (C=O) groups is 2. The Morgan fingerprint density at radius 2 is 1.69 bits per heavy atom. The number of hydrogen-bond acceptors (Lipinski definition) is 4. The zero-order chi connectivity index (χ0) is 18.5. The van der Waals surface area contributed by atoms with Gasteiger partial charge in [0.05, 0.1) is 0 Å². The summed E-state index contributed by atoms with van der Waals surface area (Å²) in [6, 6.07) is 15.8. The molecule has 0 saturated heterocycles. The number of nitrogens with one attached hydrogen (secondary N) is 1. The van der Waals surface area contributed by atoms with E-state index in [0.29, 0.717) is 6.42 Å². The summed E-state index contributed by atoms with van der Waals surface area (Å²) in [7, 11) is 0. The van der Waals surface area contributed by atoms with Crippen molar-refractivity contribution in [3.63, 3.8) is 0 Å². The number of fused-ring (bicyclic) bond motifs is 3. The molecule has 2 aromatic carbocycles. The Kier molecular flexibility index (Phi) is 6.41. The quantitative estimate of drug-likeness (QED) is 0.681. The second-order valence-corrected chi connectivity index (χ2v) is 7.95. The minimum atomic E-state index is -0.554. The zero-order valence-electron chi connectivity index (χ0n) is 14.4. The van der Waals surface area contributed by atoms with Crippen molar-refractivity contribution in [3.8, 4) is 11.1 Å². The number of hydrogen-bond donors (Lipinski definition) is 1. The van der Waals surface area contributed by atoms with Crippen molar-refractivity contribution < 1.29 is 14.3 Å². The molecule has 135 valence electrons. The van der Waals surface area contributed by atoms with Crippen molar-refractivity contribution in [2.75, 3.05) is 18.6 Å². The fourth-order valence-corrected chi connectivity index (χ4v) is 4.11. The first-order valence-electron chi connectivity index (χ1n) is 8.43. The summed E-state index contributed by atoms with van der Waals surface area (Å²) >= 11 is 4.09. The molecule has 6 heteroatoms. The molecule has 0 bridgehead atoms. The van der Waals surface area contributed by atoms with Gasteiger partial charge in [-0.1, -0.05) is 0 Å². The molecule has 26 heavy (non-hydrogen) atoms. The molecular formula is C20H20NO3SSe. The van der Waals surface area contributed by atoms with Crippen LogP contribution < -0.4 is 5.32 Å². The molecule has 1 aliphatic rings. The standard InChI is InChI=1S/C20H20NO3SSe/c1-25-11-10-18(19(22)26)21-20(23)24-12-17-15-8-4-2-6-13(15)14-7-3-5-9-16(14)17/h2-9,17-18H,10-12H2,1H3,(H,21,23)/t18-/m1/s1. The van der Waals surface area contributed by atoms with E-state index in [9.17, 15) is 9.59 Å². The molecule has 1 atom stereocenters. The van der Waals surface area contributed by atoms with E-state index in [1.807, 2.05) is 30.5 Å². The third-order valence-corrected chi connectivity index (χ3v) is 5.77. The third-order valence-electron chi connectivity index (χ3n) is 4.53. The first kappa shape index (κ1) is 19.0. The van der Waals surface area contributed by atoms with Gasteiger partial charge in [-0.2, -0.15) is 0 Å². The monoisotopic (exact) mass is 434 g/mol. The summed E-state index contributed by atoms with van der Waals surface area (Å²) in [5.41, 5.74) is 4.71. The Balaban J connectivity index is 1.68. The van der Waals surface area contributed by atoms with Gasteiger partial charge < -0.3 is 0 Å². The van der Waals surface area contributed by atoms with Crippen LogP contribution in [0.2, 0.25) is 0 Å². The van der Waals surface area contributed by atoms with Crippen molar-refractivity contribution in [2.45, 2.75) is 18.4 Å². The Morgan fingerprint density at radius 1 is 1.12 bits per heavy atom. The summed E-state index contributed by atoms with van der Waals surface area (Å²) in [4.78, 5) is 23.8. The van der Waals surface area contributed by atoms with Gasteiger partial charge in [0.2, 0.25) is 0 Å². The van der Waals surface area contributed by atoms with Crippen LogP contribution in [-0.4, -0.2) is 51.4 Å². The van der Waals surface area contributed by atoms with Gasteiger partial charge in [0, 0.05) is 0 Å². The van der Waals surface area contributed by atoms with E-state index in [2.05, 4.69) is 45.6 Å². The molecule has 4 nitrogen and oxygen atoms in total. The average Bonchev–Trinajstić information content (AvgIpc) is 2.97. The van der Waals surface area contributed by atoms with Gasteiger partial charge in [-0.3, -0.25) is 0 Å². The summed E-state index contributed by atoms with van der Waals surface area (Å²) in [5, 5.41) is 2.67. The normalized spacial score (nSPS) is 13.6. The number of amides is 1. The van der Waals surface area contributed by atoms with Crippen LogP contribution in [0.25, 0.3) is 11.1 Å². The maximum absolute atomic E-state index is 12.2. The first-order valence-corrected chi connectivity index (χ1v) is 10.7. The van der Waals surface area contributed by atoms with Crippen LogP contribution in [0.1, 0.15) is 23.5 Å². The van der Waals surface area contributed by atoms with E-state index in [0.717, 1.165) is 5.75 Å². The van der Waals surface area contributed by atoms with E-state index in [1.165, 1.54) is 22.3 Å². The summed E-state index contributed by atoms with van der Waals surface area (Å²) in [6.07, 6.45) is 1.99. The Labute approximate surface area is 165 Å². The molecule has 1 N–H and O–H groups in total. The number of benzene rings is 2. The van der Waals surface area contributed by atoms with Crippen LogP contribution in [0.15, 0.2) is 48.5 Å².